The van der Waals surface area contributed by atoms with Gasteiger partial charge in [-0.25, -0.2) is 0 Å². The van der Waals surface area contributed by atoms with Crippen LogP contribution in [0, 0.1) is 6.92 Å². The lowest BCUT2D eigenvalue weighted by Gasteiger charge is -2.05. The lowest BCUT2D eigenvalue weighted by molar-refractivity contribution is -0.651. The summed E-state index contributed by atoms with van der Waals surface area (Å²) in [7, 11) is 3.78. The minimum Gasteiger partial charge on any atom is -0.496 e. The predicted molar refractivity (Wildman–Crippen MR) is 56.4 cm³/mol. The van der Waals surface area contributed by atoms with Crippen LogP contribution in [0.5, 0.6) is 5.75 Å². The highest BCUT2D eigenvalue weighted by molar-refractivity contribution is 5.82. The third-order valence-electron chi connectivity index (χ3n) is 2.62. The second-order valence-corrected chi connectivity index (χ2v) is 3.43. The molecule has 0 unspecified atom stereocenters. The van der Waals surface area contributed by atoms with E-state index in [2.05, 4.69) is 36.7 Å². The van der Waals surface area contributed by atoms with Gasteiger partial charge in [0, 0.05) is 19.1 Å². The minimum absolute atomic E-state index is 0.941. The molecule has 0 bridgehead atoms. The number of hydrogen-bond acceptors (Lipinski definition) is 1. The number of aromatic nitrogens is 1. The molecule has 0 saturated heterocycles. The van der Waals surface area contributed by atoms with Crippen LogP contribution in [0.1, 0.15) is 5.69 Å². The van der Waals surface area contributed by atoms with Gasteiger partial charge in [-0.2, -0.15) is 4.57 Å². The first kappa shape index (κ1) is 9.00. The number of aryl methyl sites for hydroxylation is 2. The van der Waals surface area contributed by atoms with Crippen LogP contribution in [-0.2, 0) is 7.05 Å². The van der Waals surface area contributed by atoms with E-state index in [1.54, 1.807) is 7.11 Å². The Bertz CT molecular complexity index is 477. The van der Waals surface area contributed by atoms with Crippen LogP contribution >= 0.6 is 0 Å². The van der Waals surface area contributed by atoms with Gasteiger partial charge in [0.05, 0.1) is 12.5 Å². The summed E-state index contributed by atoms with van der Waals surface area (Å²) in [6.45, 7) is 2.08. The Kier molecular flexibility index (Phi) is 2.12. The Morgan fingerprint density at radius 2 is 1.93 bits per heavy atom. The first-order chi connectivity index (χ1) is 6.74. The third kappa shape index (κ3) is 1.23. The zero-order valence-corrected chi connectivity index (χ0v) is 8.74. The Morgan fingerprint density at radius 1 is 1.21 bits per heavy atom. The average molecular weight is 188 g/mol. The van der Waals surface area contributed by atoms with E-state index < -0.39 is 0 Å². The lowest BCUT2D eigenvalue weighted by Crippen LogP contribution is -2.32. The number of hydrogen-bond donors (Lipinski definition) is 0. The molecule has 72 valence electrons. The number of fused-ring (bicyclic) bond motifs is 1. The van der Waals surface area contributed by atoms with E-state index in [1.807, 2.05) is 12.1 Å². The second kappa shape index (κ2) is 3.29. The number of ether oxygens (including phenoxy) is 1. The van der Waals surface area contributed by atoms with Gasteiger partial charge >= 0.3 is 0 Å². The first-order valence-corrected chi connectivity index (χ1v) is 4.66. The number of benzene rings is 1. The topological polar surface area (TPSA) is 13.1 Å². The van der Waals surface area contributed by atoms with Gasteiger partial charge in [-0.05, 0) is 6.07 Å². The monoisotopic (exact) mass is 188 g/mol. The van der Waals surface area contributed by atoms with Crippen LogP contribution in [0.3, 0.4) is 0 Å². The molecule has 0 amide bonds. The summed E-state index contributed by atoms with van der Waals surface area (Å²) in [5.74, 6) is 0.941. The normalized spacial score (nSPS) is 10.5. The Morgan fingerprint density at radius 3 is 2.64 bits per heavy atom. The van der Waals surface area contributed by atoms with Crippen LogP contribution in [0.4, 0.5) is 0 Å². The Hall–Kier alpha value is -1.57. The first-order valence-electron chi connectivity index (χ1n) is 4.66. The molecular weight excluding hydrogens is 174 g/mol. The third-order valence-corrected chi connectivity index (χ3v) is 2.62. The molecule has 14 heavy (non-hydrogen) atoms. The van der Waals surface area contributed by atoms with Crippen LogP contribution in [-0.4, -0.2) is 7.11 Å². The van der Waals surface area contributed by atoms with E-state index in [0.29, 0.717) is 0 Å². The van der Waals surface area contributed by atoms with Gasteiger partial charge in [-0.15, -0.1) is 0 Å². The number of methoxy groups -OCH3 is 1. The maximum absolute atomic E-state index is 5.35. The van der Waals surface area contributed by atoms with Crippen molar-refractivity contribution in [1.82, 2.24) is 0 Å². The minimum atomic E-state index is 0.941. The molecule has 2 nitrogen and oxygen atoms in total. The van der Waals surface area contributed by atoms with Crippen LogP contribution in [0.2, 0.25) is 0 Å². The fourth-order valence-corrected chi connectivity index (χ4v) is 1.70. The molecule has 0 N–H and O–H groups in total. The molecule has 1 aromatic heterocycles. The molecule has 0 atom stereocenters. The largest absolute Gasteiger partial charge is 0.496 e. The van der Waals surface area contributed by atoms with Crippen molar-refractivity contribution in [3.05, 3.63) is 36.0 Å². The van der Waals surface area contributed by atoms with Crippen molar-refractivity contribution in [1.29, 1.82) is 0 Å². The highest BCUT2D eigenvalue weighted by Gasteiger charge is 2.12. The standard InChI is InChI=1S/C12H14NO/c1-9-8-12(14-3)10-6-4-5-7-11(10)13(9)2/h4-8H,1-3H3/q+1. The van der Waals surface area contributed by atoms with Crippen molar-refractivity contribution in [3.63, 3.8) is 0 Å². The molecule has 0 fully saturated rings. The summed E-state index contributed by atoms with van der Waals surface area (Å²) in [4.78, 5) is 0. The molecular formula is C12H14NO+. The highest BCUT2D eigenvalue weighted by atomic mass is 16.5. The molecule has 0 aliphatic rings. The van der Waals surface area contributed by atoms with E-state index in [1.165, 1.54) is 11.2 Å². The van der Waals surface area contributed by atoms with Crippen molar-refractivity contribution >= 4 is 10.9 Å². The number of pyridine rings is 1. The summed E-state index contributed by atoms with van der Waals surface area (Å²) in [6, 6.07) is 10.3. The van der Waals surface area contributed by atoms with Crippen molar-refractivity contribution in [2.45, 2.75) is 6.92 Å². The van der Waals surface area contributed by atoms with Gasteiger partial charge in [0.15, 0.2) is 5.69 Å². The quantitative estimate of drug-likeness (QED) is 0.624. The van der Waals surface area contributed by atoms with Crippen molar-refractivity contribution in [2.24, 2.45) is 7.05 Å². The SMILES string of the molecule is COc1cc(C)[n+](C)c2ccccc12. The van der Waals surface area contributed by atoms with Gasteiger partial charge in [-0.3, -0.25) is 0 Å². The van der Waals surface area contributed by atoms with Gasteiger partial charge in [0.2, 0.25) is 5.52 Å². The molecule has 0 radical (unpaired) electrons. The van der Waals surface area contributed by atoms with Crippen molar-refractivity contribution < 1.29 is 9.30 Å². The fourth-order valence-electron chi connectivity index (χ4n) is 1.70. The van der Waals surface area contributed by atoms with Crippen molar-refractivity contribution in [2.75, 3.05) is 7.11 Å². The molecule has 2 aromatic rings. The molecule has 0 spiro atoms. The predicted octanol–water partition coefficient (Wildman–Crippen LogP) is 1.98. The molecule has 1 heterocycles. The average Bonchev–Trinajstić information content (AvgIpc) is 2.23. The molecule has 0 saturated carbocycles. The summed E-state index contributed by atoms with van der Waals surface area (Å²) < 4.78 is 7.51. The summed E-state index contributed by atoms with van der Waals surface area (Å²) >= 11 is 0. The number of rotatable bonds is 1. The maximum Gasteiger partial charge on any atom is 0.216 e. The molecule has 0 aliphatic heterocycles. The summed E-state index contributed by atoms with van der Waals surface area (Å²) in [6.07, 6.45) is 0. The lowest BCUT2D eigenvalue weighted by atomic mass is 10.2. The molecule has 1 aromatic carbocycles. The van der Waals surface area contributed by atoms with E-state index >= 15 is 0 Å². The molecule has 2 heteroatoms. The van der Waals surface area contributed by atoms with Gasteiger partial charge in [-0.1, -0.05) is 12.1 Å². The molecule has 0 aliphatic carbocycles. The van der Waals surface area contributed by atoms with Gasteiger partial charge in [0.25, 0.3) is 0 Å². The zero-order valence-electron chi connectivity index (χ0n) is 8.74. The number of para-hydroxylation sites is 1. The summed E-state index contributed by atoms with van der Waals surface area (Å²) in [5, 5.41) is 1.16. The second-order valence-electron chi connectivity index (χ2n) is 3.43. The zero-order chi connectivity index (χ0) is 10.1. The number of nitrogens with zero attached hydrogens (tertiary/aromatic N) is 1. The van der Waals surface area contributed by atoms with Crippen LogP contribution < -0.4 is 9.30 Å². The maximum atomic E-state index is 5.35. The van der Waals surface area contributed by atoms with Crippen molar-refractivity contribution in [3.8, 4) is 5.75 Å². The van der Waals surface area contributed by atoms with Gasteiger partial charge in [0.1, 0.15) is 12.8 Å². The Balaban J connectivity index is 2.89. The van der Waals surface area contributed by atoms with E-state index in [-0.39, 0.29) is 0 Å². The molecule has 2 rings (SSSR count). The van der Waals surface area contributed by atoms with E-state index in [0.717, 1.165) is 11.1 Å². The van der Waals surface area contributed by atoms with E-state index in [4.69, 9.17) is 4.74 Å². The smallest absolute Gasteiger partial charge is 0.216 e. The fraction of sp³-hybridized carbons (Fsp3) is 0.250. The highest BCUT2D eigenvalue weighted by Crippen LogP contribution is 2.23. The van der Waals surface area contributed by atoms with Gasteiger partial charge < -0.3 is 4.74 Å². The van der Waals surface area contributed by atoms with Crippen LogP contribution in [0.15, 0.2) is 30.3 Å². The van der Waals surface area contributed by atoms with E-state index in [9.17, 15) is 0 Å². The summed E-state index contributed by atoms with van der Waals surface area (Å²) in [5.41, 5.74) is 2.39. The Labute approximate surface area is 83.8 Å². The van der Waals surface area contributed by atoms with Crippen LogP contribution in [0.25, 0.3) is 10.9 Å².